The third-order valence-electron chi connectivity index (χ3n) is 4.99. The highest BCUT2D eigenvalue weighted by Gasteiger charge is 2.33. The van der Waals surface area contributed by atoms with Gasteiger partial charge in [0.25, 0.3) is 5.91 Å². The molecule has 0 aromatic heterocycles. The van der Waals surface area contributed by atoms with E-state index in [4.69, 9.17) is 4.74 Å². The number of benzene rings is 1. The van der Waals surface area contributed by atoms with Crippen molar-refractivity contribution in [2.45, 2.75) is 70.5 Å². The molecule has 1 aromatic rings. The zero-order valence-corrected chi connectivity index (χ0v) is 14.4. The van der Waals surface area contributed by atoms with Crippen LogP contribution in [-0.2, 0) is 4.79 Å². The number of fused-ring (bicyclic) bond motifs is 2. The van der Waals surface area contributed by atoms with Gasteiger partial charge in [-0.3, -0.25) is 4.79 Å². The topological polar surface area (TPSA) is 50.4 Å². The predicted octanol–water partition coefficient (Wildman–Crippen LogP) is 2.90. The third kappa shape index (κ3) is 4.05. The summed E-state index contributed by atoms with van der Waals surface area (Å²) in [5.74, 6) is 1.21. The summed E-state index contributed by atoms with van der Waals surface area (Å²) >= 11 is 0. The fraction of sp³-hybridized carbons (Fsp3) is 0.632. The molecule has 2 unspecified atom stereocenters. The maximum absolute atomic E-state index is 12.2. The molecule has 2 heterocycles. The van der Waals surface area contributed by atoms with Gasteiger partial charge in [0.1, 0.15) is 5.75 Å². The molecule has 3 rings (SSSR count). The zero-order chi connectivity index (χ0) is 16.4. The molecule has 0 saturated carbocycles. The molecule has 2 aliphatic heterocycles. The van der Waals surface area contributed by atoms with Gasteiger partial charge in [0, 0.05) is 18.1 Å². The van der Waals surface area contributed by atoms with Crippen LogP contribution in [0.25, 0.3) is 0 Å². The van der Waals surface area contributed by atoms with Gasteiger partial charge >= 0.3 is 0 Å². The lowest BCUT2D eigenvalue weighted by Gasteiger charge is -2.29. The quantitative estimate of drug-likeness (QED) is 0.878. The molecule has 4 nitrogen and oxygen atoms in total. The van der Waals surface area contributed by atoms with E-state index in [1.165, 1.54) is 12.8 Å². The molecule has 1 amide bonds. The summed E-state index contributed by atoms with van der Waals surface area (Å²) in [5, 5.41) is 6.74. The van der Waals surface area contributed by atoms with Crippen molar-refractivity contribution in [3.05, 3.63) is 29.3 Å². The van der Waals surface area contributed by atoms with Crippen LogP contribution in [0.5, 0.6) is 5.75 Å². The fourth-order valence-corrected chi connectivity index (χ4v) is 3.83. The minimum Gasteiger partial charge on any atom is -0.483 e. The van der Waals surface area contributed by atoms with Crippen LogP contribution < -0.4 is 15.4 Å². The Balaban J connectivity index is 1.54. The summed E-state index contributed by atoms with van der Waals surface area (Å²) in [4.78, 5) is 12.2. The van der Waals surface area contributed by atoms with Gasteiger partial charge in [-0.2, -0.15) is 0 Å². The number of rotatable bonds is 5. The first-order valence-corrected chi connectivity index (χ1v) is 8.80. The molecule has 1 aromatic carbocycles. The van der Waals surface area contributed by atoms with E-state index in [0.29, 0.717) is 24.0 Å². The van der Waals surface area contributed by atoms with Crippen molar-refractivity contribution in [2.75, 3.05) is 6.61 Å². The summed E-state index contributed by atoms with van der Waals surface area (Å²) in [7, 11) is 0. The van der Waals surface area contributed by atoms with Crippen LogP contribution in [0.3, 0.4) is 0 Å². The van der Waals surface area contributed by atoms with Crippen molar-refractivity contribution in [1.29, 1.82) is 0 Å². The highest BCUT2D eigenvalue weighted by Crippen LogP contribution is 2.28. The number of piperidine rings is 1. The largest absolute Gasteiger partial charge is 0.483 e. The maximum Gasteiger partial charge on any atom is 0.258 e. The fourth-order valence-electron chi connectivity index (χ4n) is 3.83. The average molecular weight is 316 g/mol. The van der Waals surface area contributed by atoms with Gasteiger partial charge in [0.05, 0.1) is 0 Å². The number of carbonyl (C=O) groups excluding carboxylic acids is 1. The Bertz CT molecular complexity index is 558. The molecule has 126 valence electrons. The van der Waals surface area contributed by atoms with Gasteiger partial charge in [-0.05, 0) is 55.7 Å². The smallest absolute Gasteiger partial charge is 0.258 e. The van der Waals surface area contributed by atoms with E-state index in [1.807, 2.05) is 13.0 Å². The Labute approximate surface area is 139 Å². The van der Waals surface area contributed by atoms with E-state index in [2.05, 4.69) is 36.6 Å². The standard InChI is InChI=1S/C19H28N2O2/c1-12(2)17-7-4-13(3)8-18(17)23-11-19(22)21-16-9-14-5-6-15(10-16)20-14/h4,7-8,12,14-16,20H,5-6,9-11H2,1-3H3,(H,21,22). The number of hydrogen-bond donors (Lipinski definition) is 2. The molecule has 0 spiro atoms. The molecular weight excluding hydrogens is 288 g/mol. The zero-order valence-electron chi connectivity index (χ0n) is 14.4. The molecule has 2 N–H and O–H groups in total. The maximum atomic E-state index is 12.2. The van der Waals surface area contributed by atoms with Gasteiger partial charge in [-0.15, -0.1) is 0 Å². The molecule has 2 atom stereocenters. The van der Waals surface area contributed by atoms with E-state index in [9.17, 15) is 4.79 Å². The first-order chi connectivity index (χ1) is 11.0. The molecule has 0 radical (unpaired) electrons. The molecule has 2 aliphatic rings. The van der Waals surface area contributed by atoms with E-state index >= 15 is 0 Å². The lowest BCUT2D eigenvalue weighted by molar-refractivity contribution is -0.124. The molecule has 23 heavy (non-hydrogen) atoms. The molecule has 4 heteroatoms. The minimum absolute atomic E-state index is 0.00693. The van der Waals surface area contributed by atoms with E-state index < -0.39 is 0 Å². The van der Waals surface area contributed by atoms with Crippen molar-refractivity contribution >= 4 is 5.91 Å². The Morgan fingerprint density at radius 1 is 1.30 bits per heavy atom. The van der Waals surface area contributed by atoms with Gasteiger partial charge < -0.3 is 15.4 Å². The van der Waals surface area contributed by atoms with E-state index in [-0.39, 0.29) is 12.5 Å². The Morgan fingerprint density at radius 3 is 2.65 bits per heavy atom. The summed E-state index contributed by atoms with van der Waals surface area (Å²) in [5.41, 5.74) is 2.31. The average Bonchev–Trinajstić information content (AvgIpc) is 2.84. The second-order valence-corrected chi connectivity index (χ2v) is 7.36. The Hall–Kier alpha value is -1.55. The number of amides is 1. The third-order valence-corrected chi connectivity index (χ3v) is 4.99. The number of carbonyl (C=O) groups is 1. The summed E-state index contributed by atoms with van der Waals surface area (Å²) in [6.45, 7) is 6.43. The SMILES string of the molecule is Cc1ccc(C(C)C)c(OCC(=O)NC2CC3CCC(C2)N3)c1. The van der Waals surface area contributed by atoms with Crippen molar-refractivity contribution in [2.24, 2.45) is 0 Å². The van der Waals surface area contributed by atoms with Gasteiger partial charge in [0.15, 0.2) is 6.61 Å². The summed E-state index contributed by atoms with van der Waals surface area (Å²) in [6.07, 6.45) is 4.58. The highest BCUT2D eigenvalue weighted by atomic mass is 16.5. The van der Waals surface area contributed by atoms with Gasteiger partial charge in [-0.25, -0.2) is 0 Å². The van der Waals surface area contributed by atoms with Crippen molar-refractivity contribution in [3.63, 3.8) is 0 Å². The monoisotopic (exact) mass is 316 g/mol. The Morgan fingerprint density at radius 2 is 2.00 bits per heavy atom. The Kier molecular flexibility index (Phi) is 4.90. The van der Waals surface area contributed by atoms with Crippen molar-refractivity contribution < 1.29 is 9.53 Å². The number of hydrogen-bond acceptors (Lipinski definition) is 3. The predicted molar refractivity (Wildman–Crippen MR) is 91.9 cm³/mol. The molecular formula is C19H28N2O2. The summed E-state index contributed by atoms with van der Waals surface area (Å²) in [6, 6.07) is 7.68. The van der Waals surface area contributed by atoms with Gasteiger partial charge in [-0.1, -0.05) is 26.0 Å². The number of ether oxygens (including phenoxy) is 1. The highest BCUT2D eigenvalue weighted by molar-refractivity contribution is 5.78. The van der Waals surface area contributed by atoms with Crippen LogP contribution in [0, 0.1) is 6.92 Å². The second-order valence-electron chi connectivity index (χ2n) is 7.36. The first kappa shape index (κ1) is 16.3. The van der Waals surface area contributed by atoms with Crippen LogP contribution in [-0.4, -0.2) is 30.6 Å². The molecule has 2 fully saturated rings. The normalized spacial score (nSPS) is 26.3. The van der Waals surface area contributed by atoms with Crippen LogP contribution in [0.4, 0.5) is 0 Å². The van der Waals surface area contributed by atoms with Crippen LogP contribution in [0.2, 0.25) is 0 Å². The number of nitrogens with one attached hydrogen (secondary N) is 2. The van der Waals surface area contributed by atoms with E-state index in [0.717, 1.165) is 29.7 Å². The first-order valence-electron chi connectivity index (χ1n) is 8.80. The lowest BCUT2D eigenvalue weighted by atomic mass is 10.00. The van der Waals surface area contributed by atoms with Crippen LogP contribution in [0.15, 0.2) is 18.2 Å². The second kappa shape index (κ2) is 6.91. The molecule has 2 saturated heterocycles. The van der Waals surface area contributed by atoms with Crippen LogP contribution in [0.1, 0.15) is 56.6 Å². The van der Waals surface area contributed by atoms with Crippen molar-refractivity contribution in [1.82, 2.24) is 10.6 Å². The van der Waals surface area contributed by atoms with Crippen molar-refractivity contribution in [3.8, 4) is 5.75 Å². The lowest BCUT2D eigenvalue weighted by Crippen LogP contribution is -2.49. The summed E-state index contributed by atoms with van der Waals surface area (Å²) < 4.78 is 5.82. The van der Waals surface area contributed by atoms with Gasteiger partial charge in [0.2, 0.25) is 0 Å². The van der Waals surface area contributed by atoms with E-state index in [1.54, 1.807) is 0 Å². The minimum atomic E-state index is -0.00693. The molecule has 2 bridgehead atoms. The molecule has 0 aliphatic carbocycles. The van der Waals surface area contributed by atoms with Crippen LogP contribution >= 0.6 is 0 Å². The number of aryl methyl sites for hydroxylation is 1.